The van der Waals surface area contributed by atoms with Gasteiger partial charge in [0.2, 0.25) is 5.91 Å². The van der Waals surface area contributed by atoms with E-state index in [-0.39, 0.29) is 18.4 Å². The first-order valence-corrected chi connectivity index (χ1v) is 16.3. The summed E-state index contributed by atoms with van der Waals surface area (Å²) in [7, 11) is 0. The maximum absolute atomic E-state index is 13.8. The first-order valence-electron chi connectivity index (χ1n) is 16.3. The van der Waals surface area contributed by atoms with Crippen molar-refractivity contribution in [2.75, 3.05) is 11.9 Å². The summed E-state index contributed by atoms with van der Waals surface area (Å²) in [6.07, 6.45) is 1.84. The maximum Gasteiger partial charge on any atom is 0.328 e. The number of aliphatic imine (C=N–C) groups is 1. The van der Waals surface area contributed by atoms with Gasteiger partial charge in [0.25, 0.3) is 0 Å². The van der Waals surface area contributed by atoms with Gasteiger partial charge >= 0.3 is 5.97 Å². The number of anilines is 1. The standard InChI is InChI=1S/C41H39N3O4/c45-40(37-24-14-26-44(37)28-30-15-4-1-5-16-30)43-35-23-12-11-22-34(35)39(32-19-8-3-9-20-32)42-36(41(46)47)27-33-21-10-13-25-38(33)48-29-31-17-6-2-7-18-31/h1-13,15-23,25,36-37H,14,24,26-29H2,(H,43,45)(H,46,47)/b42-39+/t36-,37-/m0/s1. The normalized spacial score (nSPS) is 15.5. The topological polar surface area (TPSA) is 91.2 Å². The van der Waals surface area contributed by atoms with Gasteiger partial charge in [-0.05, 0) is 48.2 Å². The third-order valence-electron chi connectivity index (χ3n) is 8.58. The lowest BCUT2D eigenvalue weighted by Crippen LogP contribution is -2.39. The van der Waals surface area contributed by atoms with Crippen molar-refractivity contribution in [3.63, 3.8) is 0 Å². The van der Waals surface area contributed by atoms with Crippen LogP contribution < -0.4 is 10.1 Å². The molecule has 2 N–H and O–H groups in total. The van der Waals surface area contributed by atoms with Crippen molar-refractivity contribution in [1.29, 1.82) is 0 Å². The van der Waals surface area contributed by atoms with E-state index in [0.717, 1.165) is 36.1 Å². The van der Waals surface area contributed by atoms with E-state index in [9.17, 15) is 14.7 Å². The van der Waals surface area contributed by atoms with Gasteiger partial charge in [0, 0.05) is 24.1 Å². The van der Waals surface area contributed by atoms with E-state index in [0.29, 0.717) is 35.9 Å². The zero-order valence-corrected chi connectivity index (χ0v) is 26.7. The molecule has 0 radical (unpaired) electrons. The van der Waals surface area contributed by atoms with E-state index in [2.05, 4.69) is 22.3 Å². The van der Waals surface area contributed by atoms with Crippen LogP contribution in [0.3, 0.4) is 0 Å². The highest BCUT2D eigenvalue weighted by Gasteiger charge is 2.31. The molecule has 0 bridgehead atoms. The summed E-state index contributed by atoms with van der Waals surface area (Å²) in [5.74, 6) is -0.513. The number of nitrogens with zero attached hydrogens (tertiary/aromatic N) is 2. The van der Waals surface area contributed by atoms with E-state index >= 15 is 0 Å². The zero-order chi connectivity index (χ0) is 33.1. The lowest BCUT2D eigenvalue weighted by Gasteiger charge is -2.24. The third-order valence-corrected chi connectivity index (χ3v) is 8.58. The number of para-hydroxylation sites is 2. The Balaban J connectivity index is 1.28. The molecule has 1 saturated heterocycles. The molecule has 1 heterocycles. The number of hydrogen-bond acceptors (Lipinski definition) is 5. The number of aliphatic carboxylic acids is 1. The fourth-order valence-electron chi connectivity index (χ4n) is 6.14. The molecule has 0 spiro atoms. The van der Waals surface area contributed by atoms with Crippen molar-refractivity contribution in [2.24, 2.45) is 4.99 Å². The fraction of sp³-hybridized carbons (Fsp3) is 0.195. The number of likely N-dealkylation sites (tertiary alicyclic amines) is 1. The lowest BCUT2D eigenvalue weighted by molar-refractivity contribution is -0.138. The summed E-state index contributed by atoms with van der Waals surface area (Å²) in [4.78, 5) is 33.7. The molecular formula is C41H39N3O4. The summed E-state index contributed by atoms with van der Waals surface area (Å²) < 4.78 is 6.14. The molecule has 0 saturated carbocycles. The smallest absolute Gasteiger partial charge is 0.328 e. The van der Waals surface area contributed by atoms with Crippen LogP contribution >= 0.6 is 0 Å². The Kier molecular flexibility index (Phi) is 10.7. The second-order valence-corrected chi connectivity index (χ2v) is 11.9. The highest BCUT2D eigenvalue weighted by molar-refractivity contribution is 6.17. The number of benzene rings is 5. The molecule has 5 aromatic carbocycles. The van der Waals surface area contributed by atoms with Crippen LogP contribution in [0.25, 0.3) is 0 Å². The molecule has 7 heteroatoms. The molecule has 0 unspecified atom stereocenters. The molecule has 1 fully saturated rings. The van der Waals surface area contributed by atoms with Crippen LogP contribution in [0.15, 0.2) is 145 Å². The number of amides is 1. The summed E-state index contributed by atoms with van der Waals surface area (Å²) in [6.45, 7) is 1.92. The molecule has 1 aliphatic heterocycles. The predicted octanol–water partition coefficient (Wildman–Crippen LogP) is 7.40. The van der Waals surface area contributed by atoms with E-state index in [1.165, 1.54) is 5.56 Å². The maximum atomic E-state index is 13.8. The average Bonchev–Trinajstić information content (AvgIpc) is 3.59. The van der Waals surface area contributed by atoms with Crippen LogP contribution in [-0.2, 0) is 29.2 Å². The van der Waals surface area contributed by atoms with E-state index in [1.54, 1.807) is 0 Å². The molecular weight excluding hydrogens is 598 g/mol. The Labute approximate surface area is 281 Å². The summed E-state index contributed by atoms with van der Waals surface area (Å²) >= 11 is 0. The van der Waals surface area contributed by atoms with Gasteiger partial charge < -0.3 is 15.2 Å². The fourth-order valence-corrected chi connectivity index (χ4v) is 6.14. The predicted molar refractivity (Wildman–Crippen MR) is 189 cm³/mol. The van der Waals surface area contributed by atoms with Crippen LogP contribution in [-0.4, -0.2) is 46.2 Å². The molecule has 7 nitrogen and oxygen atoms in total. The van der Waals surface area contributed by atoms with Crippen LogP contribution in [0.2, 0.25) is 0 Å². The van der Waals surface area contributed by atoms with E-state index < -0.39 is 12.0 Å². The number of carboxylic acid groups (broad SMARTS) is 1. The zero-order valence-electron chi connectivity index (χ0n) is 26.7. The Morgan fingerprint density at radius 2 is 1.42 bits per heavy atom. The number of nitrogens with one attached hydrogen (secondary N) is 1. The van der Waals surface area contributed by atoms with Crippen molar-refractivity contribution < 1.29 is 19.4 Å². The quantitative estimate of drug-likeness (QED) is 0.131. The van der Waals surface area contributed by atoms with E-state index in [4.69, 9.17) is 9.73 Å². The SMILES string of the molecule is O=C(O)[C@H](Cc1ccccc1OCc1ccccc1)/N=C(\c1ccccc1)c1ccccc1NC(=O)[C@@H]1CCCN1Cc1ccccc1. The molecule has 6 rings (SSSR count). The van der Waals surface area contributed by atoms with Crippen LogP contribution in [0, 0.1) is 0 Å². The minimum absolute atomic E-state index is 0.0810. The molecule has 0 aliphatic carbocycles. The Bertz CT molecular complexity index is 1840. The number of rotatable bonds is 13. The van der Waals surface area contributed by atoms with Crippen LogP contribution in [0.4, 0.5) is 5.69 Å². The van der Waals surface area contributed by atoms with E-state index in [1.807, 2.05) is 127 Å². The third kappa shape index (κ3) is 8.24. The second kappa shape index (κ2) is 15.8. The van der Waals surface area contributed by atoms with Gasteiger partial charge in [-0.3, -0.25) is 14.7 Å². The van der Waals surface area contributed by atoms with Crippen LogP contribution in [0.5, 0.6) is 5.75 Å². The number of carboxylic acids is 1. The largest absolute Gasteiger partial charge is 0.489 e. The molecule has 1 aliphatic rings. The van der Waals surface area contributed by atoms with Crippen molar-refractivity contribution >= 4 is 23.3 Å². The molecule has 1 amide bonds. The first-order chi connectivity index (χ1) is 23.5. The number of ether oxygens (including phenoxy) is 1. The Morgan fingerprint density at radius 3 is 2.15 bits per heavy atom. The van der Waals surface area contributed by atoms with Crippen molar-refractivity contribution in [1.82, 2.24) is 4.90 Å². The van der Waals surface area contributed by atoms with Crippen molar-refractivity contribution in [3.8, 4) is 5.75 Å². The van der Waals surface area contributed by atoms with Gasteiger partial charge in [-0.1, -0.05) is 127 Å². The second-order valence-electron chi connectivity index (χ2n) is 11.9. The first kappa shape index (κ1) is 32.4. The summed E-state index contributed by atoms with van der Waals surface area (Å²) in [6, 6.07) is 43.1. The molecule has 2 atom stereocenters. The highest BCUT2D eigenvalue weighted by Crippen LogP contribution is 2.27. The number of carbonyl (C=O) groups excluding carboxylic acids is 1. The Hall–Kier alpha value is -5.53. The van der Waals surface area contributed by atoms with Crippen molar-refractivity contribution in [3.05, 3.63) is 167 Å². The van der Waals surface area contributed by atoms with Gasteiger partial charge in [0.05, 0.1) is 17.4 Å². The Morgan fingerprint density at radius 1 is 0.792 bits per heavy atom. The highest BCUT2D eigenvalue weighted by atomic mass is 16.5. The number of carbonyl (C=O) groups is 2. The molecule has 5 aromatic rings. The number of hydrogen-bond donors (Lipinski definition) is 2. The summed E-state index contributed by atoms with van der Waals surface area (Å²) in [5.41, 5.74) is 5.43. The molecule has 0 aromatic heterocycles. The van der Waals surface area contributed by atoms with Crippen LogP contribution in [0.1, 0.15) is 40.7 Å². The minimum atomic E-state index is -1.11. The van der Waals surface area contributed by atoms with Gasteiger partial charge in [-0.15, -0.1) is 0 Å². The van der Waals surface area contributed by atoms with Crippen molar-refractivity contribution in [2.45, 2.75) is 44.5 Å². The monoisotopic (exact) mass is 637 g/mol. The average molecular weight is 638 g/mol. The molecule has 242 valence electrons. The van der Waals surface area contributed by atoms with Gasteiger partial charge in [0.1, 0.15) is 12.4 Å². The van der Waals surface area contributed by atoms with Gasteiger partial charge in [-0.2, -0.15) is 0 Å². The summed E-state index contributed by atoms with van der Waals surface area (Å²) in [5, 5.41) is 13.6. The minimum Gasteiger partial charge on any atom is -0.489 e. The molecule has 48 heavy (non-hydrogen) atoms. The van der Waals surface area contributed by atoms with Gasteiger partial charge in [0.15, 0.2) is 6.04 Å². The van der Waals surface area contributed by atoms with Gasteiger partial charge in [-0.25, -0.2) is 4.79 Å². The lowest BCUT2D eigenvalue weighted by atomic mass is 9.98.